The lowest BCUT2D eigenvalue weighted by molar-refractivity contribution is 0.0875. The summed E-state index contributed by atoms with van der Waals surface area (Å²) in [7, 11) is 1.75. The second kappa shape index (κ2) is 4.40. The lowest BCUT2D eigenvalue weighted by Crippen LogP contribution is -2.48. The van der Waals surface area contributed by atoms with Gasteiger partial charge >= 0.3 is 0 Å². The zero-order valence-electron chi connectivity index (χ0n) is 9.05. The largest absolute Gasteiger partial charge is 0.383 e. The maximum atomic E-state index is 5.80. The van der Waals surface area contributed by atoms with Gasteiger partial charge in [0, 0.05) is 31.8 Å². The molecule has 2 N–H and O–H groups in total. The summed E-state index contributed by atoms with van der Waals surface area (Å²) in [5.74, 6) is 0. The molecular weight excluding hydrogens is 164 g/mol. The highest BCUT2D eigenvalue weighted by atomic mass is 16.5. The Morgan fingerprint density at radius 2 is 2.08 bits per heavy atom. The van der Waals surface area contributed by atoms with Gasteiger partial charge in [-0.15, -0.1) is 0 Å². The van der Waals surface area contributed by atoms with E-state index in [1.54, 1.807) is 7.11 Å². The van der Waals surface area contributed by atoms with Crippen LogP contribution < -0.4 is 5.73 Å². The first-order valence-electron chi connectivity index (χ1n) is 5.12. The van der Waals surface area contributed by atoms with Crippen molar-refractivity contribution in [1.82, 2.24) is 4.90 Å². The van der Waals surface area contributed by atoms with Gasteiger partial charge < -0.3 is 10.5 Å². The maximum absolute atomic E-state index is 5.80. The van der Waals surface area contributed by atoms with Crippen LogP contribution in [0.25, 0.3) is 0 Å². The van der Waals surface area contributed by atoms with Gasteiger partial charge in [-0.2, -0.15) is 0 Å². The molecule has 0 heterocycles. The summed E-state index contributed by atoms with van der Waals surface area (Å²) < 4.78 is 5.11. The van der Waals surface area contributed by atoms with Crippen molar-refractivity contribution in [3.8, 4) is 0 Å². The number of rotatable bonds is 6. The maximum Gasteiger partial charge on any atom is 0.0590 e. The van der Waals surface area contributed by atoms with Gasteiger partial charge in [0.25, 0.3) is 0 Å². The Bertz CT molecular complexity index is 155. The molecule has 1 aliphatic carbocycles. The Morgan fingerprint density at radius 1 is 1.46 bits per heavy atom. The molecule has 0 aromatic rings. The minimum absolute atomic E-state index is 0.312. The van der Waals surface area contributed by atoms with Gasteiger partial charge in [-0.05, 0) is 26.7 Å². The van der Waals surface area contributed by atoms with Gasteiger partial charge in [0.15, 0.2) is 0 Å². The standard InChI is InChI=1S/C10H22N2O/c1-9(2)12(6-7-13-3)10(8-11)4-5-10/h9H,4-8,11H2,1-3H3. The minimum Gasteiger partial charge on any atom is -0.383 e. The molecule has 1 saturated carbocycles. The predicted molar refractivity (Wildman–Crippen MR) is 54.7 cm³/mol. The second-order valence-corrected chi connectivity index (χ2v) is 4.21. The quantitative estimate of drug-likeness (QED) is 0.668. The summed E-state index contributed by atoms with van der Waals surface area (Å²) in [5.41, 5.74) is 6.11. The highest BCUT2D eigenvalue weighted by Crippen LogP contribution is 2.41. The molecule has 13 heavy (non-hydrogen) atoms. The third-order valence-corrected chi connectivity index (χ3v) is 2.98. The van der Waals surface area contributed by atoms with Crippen LogP contribution in [0.15, 0.2) is 0 Å². The average molecular weight is 186 g/mol. The van der Waals surface area contributed by atoms with Gasteiger partial charge in [0.05, 0.1) is 6.61 Å². The molecule has 0 atom stereocenters. The summed E-state index contributed by atoms with van der Waals surface area (Å²) in [5, 5.41) is 0. The Kier molecular flexibility index (Phi) is 3.71. The SMILES string of the molecule is COCCN(C(C)C)C1(CN)CC1. The molecular formula is C10H22N2O. The second-order valence-electron chi connectivity index (χ2n) is 4.21. The molecule has 0 amide bonds. The van der Waals surface area contributed by atoms with E-state index in [4.69, 9.17) is 10.5 Å². The first kappa shape index (κ1) is 11.0. The van der Waals surface area contributed by atoms with E-state index in [-0.39, 0.29) is 0 Å². The number of methoxy groups -OCH3 is 1. The fraction of sp³-hybridized carbons (Fsp3) is 1.00. The van der Waals surface area contributed by atoms with E-state index in [9.17, 15) is 0 Å². The predicted octanol–water partition coefficient (Wildman–Crippen LogP) is 0.835. The molecule has 1 rings (SSSR count). The zero-order chi connectivity index (χ0) is 9.90. The van der Waals surface area contributed by atoms with Crippen molar-refractivity contribution in [3.63, 3.8) is 0 Å². The van der Waals surface area contributed by atoms with Gasteiger partial charge in [-0.3, -0.25) is 4.90 Å². The molecule has 0 radical (unpaired) electrons. The lowest BCUT2D eigenvalue weighted by Gasteiger charge is -2.34. The van der Waals surface area contributed by atoms with Crippen LogP contribution in [0.2, 0.25) is 0 Å². The van der Waals surface area contributed by atoms with E-state index in [1.807, 2.05) is 0 Å². The van der Waals surface area contributed by atoms with Crippen LogP contribution in [-0.2, 0) is 4.74 Å². The van der Waals surface area contributed by atoms with Crippen molar-refractivity contribution in [2.45, 2.75) is 38.3 Å². The van der Waals surface area contributed by atoms with E-state index in [2.05, 4.69) is 18.7 Å². The van der Waals surface area contributed by atoms with Crippen molar-refractivity contribution >= 4 is 0 Å². The molecule has 0 spiro atoms. The number of hydrogen-bond donors (Lipinski definition) is 1. The number of ether oxygens (including phenoxy) is 1. The Morgan fingerprint density at radius 3 is 2.38 bits per heavy atom. The van der Waals surface area contributed by atoms with Crippen LogP contribution in [-0.4, -0.2) is 43.3 Å². The van der Waals surface area contributed by atoms with Crippen molar-refractivity contribution < 1.29 is 4.74 Å². The van der Waals surface area contributed by atoms with Crippen LogP contribution in [0.4, 0.5) is 0 Å². The average Bonchev–Trinajstić information content (AvgIpc) is 2.86. The molecule has 3 heteroatoms. The van der Waals surface area contributed by atoms with Gasteiger partial charge in [-0.1, -0.05) is 0 Å². The molecule has 3 nitrogen and oxygen atoms in total. The molecule has 1 aliphatic rings. The first-order valence-corrected chi connectivity index (χ1v) is 5.12. The molecule has 0 saturated heterocycles. The van der Waals surface area contributed by atoms with E-state index in [1.165, 1.54) is 12.8 Å². The molecule has 0 aromatic carbocycles. The number of nitrogens with two attached hydrogens (primary N) is 1. The Balaban J connectivity index is 2.47. The summed E-state index contributed by atoms with van der Waals surface area (Å²) in [6.07, 6.45) is 2.51. The highest BCUT2D eigenvalue weighted by molar-refractivity contribution is 5.05. The van der Waals surface area contributed by atoms with Crippen molar-refractivity contribution in [2.75, 3.05) is 26.8 Å². The lowest BCUT2D eigenvalue weighted by atomic mass is 10.1. The molecule has 0 unspecified atom stereocenters. The fourth-order valence-electron chi connectivity index (χ4n) is 1.99. The molecule has 0 aromatic heterocycles. The fourth-order valence-corrected chi connectivity index (χ4v) is 1.99. The van der Waals surface area contributed by atoms with Crippen LogP contribution >= 0.6 is 0 Å². The van der Waals surface area contributed by atoms with Gasteiger partial charge in [0.2, 0.25) is 0 Å². The third-order valence-electron chi connectivity index (χ3n) is 2.98. The van der Waals surface area contributed by atoms with E-state index in [0.29, 0.717) is 11.6 Å². The van der Waals surface area contributed by atoms with Gasteiger partial charge in [-0.25, -0.2) is 0 Å². The third kappa shape index (κ3) is 2.42. The highest BCUT2D eigenvalue weighted by Gasteiger charge is 2.47. The summed E-state index contributed by atoms with van der Waals surface area (Å²) in [4.78, 5) is 2.48. The van der Waals surface area contributed by atoms with Crippen LogP contribution in [0.1, 0.15) is 26.7 Å². The Labute approximate surface area is 81.2 Å². The molecule has 0 aliphatic heterocycles. The Hall–Kier alpha value is -0.120. The van der Waals surface area contributed by atoms with Gasteiger partial charge in [0.1, 0.15) is 0 Å². The topological polar surface area (TPSA) is 38.5 Å². The summed E-state index contributed by atoms with van der Waals surface area (Å²) >= 11 is 0. The van der Waals surface area contributed by atoms with E-state index in [0.717, 1.165) is 19.7 Å². The van der Waals surface area contributed by atoms with E-state index < -0.39 is 0 Å². The molecule has 78 valence electrons. The van der Waals surface area contributed by atoms with Crippen LogP contribution in [0, 0.1) is 0 Å². The van der Waals surface area contributed by atoms with Crippen molar-refractivity contribution in [2.24, 2.45) is 5.73 Å². The number of hydrogen-bond acceptors (Lipinski definition) is 3. The minimum atomic E-state index is 0.312. The first-order chi connectivity index (χ1) is 6.16. The monoisotopic (exact) mass is 186 g/mol. The van der Waals surface area contributed by atoms with Crippen molar-refractivity contribution in [3.05, 3.63) is 0 Å². The van der Waals surface area contributed by atoms with Crippen LogP contribution in [0.3, 0.4) is 0 Å². The smallest absolute Gasteiger partial charge is 0.0590 e. The summed E-state index contributed by atoms with van der Waals surface area (Å²) in [6, 6.07) is 0.571. The molecule has 1 fully saturated rings. The summed E-state index contributed by atoms with van der Waals surface area (Å²) in [6.45, 7) is 7.05. The number of nitrogens with zero attached hydrogens (tertiary/aromatic N) is 1. The molecule has 0 bridgehead atoms. The zero-order valence-corrected chi connectivity index (χ0v) is 9.05. The normalized spacial score (nSPS) is 19.8. The van der Waals surface area contributed by atoms with E-state index >= 15 is 0 Å². The van der Waals surface area contributed by atoms with Crippen molar-refractivity contribution in [1.29, 1.82) is 0 Å². The van der Waals surface area contributed by atoms with Crippen LogP contribution in [0.5, 0.6) is 0 Å².